The van der Waals surface area contributed by atoms with Gasteiger partial charge in [0, 0.05) is 41.5 Å². The summed E-state index contributed by atoms with van der Waals surface area (Å²) in [6, 6.07) is 14.6. The summed E-state index contributed by atoms with van der Waals surface area (Å²) in [6.45, 7) is 7.09. The highest BCUT2D eigenvalue weighted by molar-refractivity contribution is 6.30. The van der Waals surface area contributed by atoms with Gasteiger partial charge in [-0.05, 0) is 55.8 Å². The van der Waals surface area contributed by atoms with Gasteiger partial charge in [-0.1, -0.05) is 24.6 Å². The Balaban J connectivity index is 1.75. The number of hydrogen-bond acceptors (Lipinski definition) is 4. The van der Waals surface area contributed by atoms with Crippen LogP contribution in [0.3, 0.4) is 0 Å². The van der Waals surface area contributed by atoms with Crippen LogP contribution in [0.1, 0.15) is 30.2 Å². The number of benzene rings is 2. The van der Waals surface area contributed by atoms with Crippen molar-refractivity contribution >= 4 is 23.0 Å². The summed E-state index contributed by atoms with van der Waals surface area (Å²) in [5.41, 5.74) is 6.71. The van der Waals surface area contributed by atoms with Gasteiger partial charge in [0.2, 0.25) is 0 Å². The fourth-order valence-corrected chi connectivity index (χ4v) is 4.32. The molecule has 152 valence electrons. The van der Waals surface area contributed by atoms with Gasteiger partial charge in [0.05, 0.1) is 17.6 Å². The van der Waals surface area contributed by atoms with Crippen molar-refractivity contribution in [1.29, 1.82) is 0 Å². The summed E-state index contributed by atoms with van der Waals surface area (Å²) >= 11 is 6.16. The Hall–Kier alpha value is -3.12. The third-order valence-electron chi connectivity index (χ3n) is 5.94. The molecular formula is C23H23ClN6. The molecule has 30 heavy (non-hydrogen) atoms. The van der Waals surface area contributed by atoms with Crippen molar-refractivity contribution in [2.75, 3.05) is 11.4 Å². The maximum absolute atomic E-state index is 6.16. The zero-order valence-corrected chi connectivity index (χ0v) is 18.2. The molecule has 1 atom stereocenters. The zero-order chi connectivity index (χ0) is 21.0. The summed E-state index contributed by atoms with van der Waals surface area (Å²) in [7, 11) is 1.97. The lowest BCUT2D eigenvalue weighted by atomic mass is 10.0. The predicted molar refractivity (Wildman–Crippen MR) is 120 cm³/mol. The van der Waals surface area contributed by atoms with Gasteiger partial charge in [-0.15, -0.1) is 10.2 Å². The molecule has 7 heteroatoms. The fraction of sp³-hybridized carbons (Fsp3) is 0.261. The number of anilines is 2. The topological polar surface area (TPSA) is 51.8 Å². The average molecular weight is 419 g/mol. The van der Waals surface area contributed by atoms with E-state index in [-0.39, 0.29) is 5.92 Å². The van der Waals surface area contributed by atoms with Crippen molar-refractivity contribution in [3.8, 4) is 16.8 Å². The second kappa shape index (κ2) is 6.99. The summed E-state index contributed by atoms with van der Waals surface area (Å²) in [6.07, 6.45) is 1.93. The van der Waals surface area contributed by atoms with E-state index in [4.69, 9.17) is 11.6 Å². The third kappa shape index (κ3) is 2.91. The van der Waals surface area contributed by atoms with Crippen LogP contribution in [0.25, 0.3) is 16.8 Å². The Morgan fingerprint density at radius 2 is 1.77 bits per heavy atom. The normalized spacial score (nSPS) is 15.6. The van der Waals surface area contributed by atoms with Gasteiger partial charge >= 0.3 is 0 Å². The second-order valence-corrected chi connectivity index (χ2v) is 8.34. The molecule has 2 aromatic carbocycles. The lowest BCUT2D eigenvalue weighted by Gasteiger charge is -2.27. The molecule has 1 aliphatic rings. The Morgan fingerprint density at radius 1 is 1.00 bits per heavy atom. The van der Waals surface area contributed by atoms with Crippen LogP contribution in [0, 0.1) is 13.8 Å². The van der Waals surface area contributed by atoms with Crippen LogP contribution < -0.4 is 4.90 Å². The summed E-state index contributed by atoms with van der Waals surface area (Å²) in [5.74, 6) is 2.08. The molecule has 1 unspecified atom stereocenters. The number of nitrogens with zero attached hydrogens (tertiary/aromatic N) is 6. The van der Waals surface area contributed by atoms with E-state index < -0.39 is 0 Å². The van der Waals surface area contributed by atoms with Gasteiger partial charge in [0.25, 0.3) is 0 Å². The molecule has 0 radical (unpaired) electrons. The number of hydrogen-bond donors (Lipinski definition) is 0. The molecule has 2 aromatic heterocycles. The molecule has 0 saturated carbocycles. The Morgan fingerprint density at radius 3 is 2.47 bits per heavy atom. The van der Waals surface area contributed by atoms with E-state index in [0.717, 1.165) is 57.1 Å². The quantitative estimate of drug-likeness (QED) is 0.449. The second-order valence-electron chi connectivity index (χ2n) is 7.90. The van der Waals surface area contributed by atoms with Gasteiger partial charge in [0.15, 0.2) is 0 Å². The number of aromatic nitrogens is 5. The van der Waals surface area contributed by atoms with Crippen molar-refractivity contribution in [2.45, 2.75) is 26.7 Å². The van der Waals surface area contributed by atoms with Crippen LogP contribution in [0.2, 0.25) is 5.02 Å². The van der Waals surface area contributed by atoms with Crippen LogP contribution in [-0.4, -0.2) is 31.1 Å². The molecular weight excluding hydrogens is 396 g/mol. The first kappa shape index (κ1) is 18.9. The number of aryl methyl sites for hydroxylation is 2. The van der Waals surface area contributed by atoms with Crippen LogP contribution in [0.4, 0.5) is 11.4 Å². The maximum atomic E-state index is 6.16. The fourth-order valence-electron chi connectivity index (χ4n) is 4.19. The molecule has 0 amide bonds. The summed E-state index contributed by atoms with van der Waals surface area (Å²) in [5, 5.41) is 14.0. The Labute approximate surface area is 180 Å². The maximum Gasteiger partial charge on any atom is 0.142 e. The van der Waals surface area contributed by atoms with Crippen LogP contribution >= 0.6 is 11.6 Å². The third-order valence-corrected chi connectivity index (χ3v) is 6.19. The summed E-state index contributed by atoms with van der Waals surface area (Å²) in [4.78, 5) is 2.35. The summed E-state index contributed by atoms with van der Waals surface area (Å²) < 4.78 is 4.08. The van der Waals surface area contributed by atoms with Crippen molar-refractivity contribution in [3.63, 3.8) is 0 Å². The van der Waals surface area contributed by atoms with Crippen molar-refractivity contribution < 1.29 is 0 Å². The van der Waals surface area contributed by atoms with E-state index in [1.165, 1.54) is 0 Å². The number of rotatable bonds is 2. The monoisotopic (exact) mass is 418 g/mol. The van der Waals surface area contributed by atoms with Gasteiger partial charge < -0.3 is 4.90 Å². The molecule has 5 rings (SSSR count). The largest absolute Gasteiger partial charge is 0.339 e. The van der Waals surface area contributed by atoms with Gasteiger partial charge in [-0.2, -0.15) is 5.10 Å². The molecule has 0 aliphatic carbocycles. The van der Waals surface area contributed by atoms with E-state index in [1.807, 2.05) is 37.0 Å². The SMILES string of the molecule is Cc1c(-c2ccc3c(c2)N(c2ccc(Cl)cc2)CC(C)c2nnc(C)n2-3)cnn1C. The highest BCUT2D eigenvalue weighted by Crippen LogP contribution is 2.40. The molecule has 3 heterocycles. The van der Waals surface area contributed by atoms with Crippen molar-refractivity contribution in [3.05, 3.63) is 71.0 Å². The average Bonchev–Trinajstić information content (AvgIpc) is 3.25. The lowest BCUT2D eigenvalue weighted by Crippen LogP contribution is -2.22. The van der Waals surface area contributed by atoms with E-state index in [9.17, 15) is 0 Å². The standard InChI is InChI=1S/C23H23ClN6/c1-14-13-29(19-8-6-18(24)7-9-19)22-11-17(20-12-25-28(4)15(20)2)5-10-21(22)30-16(3)26-27-23(14)30/h5-12,14H,13H2,1-4H3. The van der Waals surface area contributed by atoms with Gasteiger partial charge in [0.1, 0.15) is 11.6 Å². The highest BCUT2D eigenvalue weighted by atomic mass is 35.5. The van der Waals surface area contributed by atoms with Crippen LogP contribution in [0.5, 0.6) is 0 Å². The molecule has 6 nitrogen and oxygen atoms in total. The van der Waals surface area contributed by atoms with Gasteiger partial charge in [-0.3, -0.25) is 9.25 Å². The van der Waals surface area contributed by atoms with Crippen LogP contribution in [-0.2, 0) is 7.05 Å². The van der Waals surface area contributed by atoms with Gasteiger partial charge in [-0.25, -0.2) is 0 Å². The molecule has 4 aromatic rings. The number of halogens is 1. The first-order valence-corrected chi connectivity index (χ1v) is 10.4. The lowest BCUT2D eigenvalue weighted by molar-refractivity contribution is 0.696. The van der Waals surface area contributed by atoms with Crippen molar-refractivity contribution in [1.82, 2.24) is 24.5 Å². The zero-order valence-electron chi connectivity index (χ0n) is 17.5. The minimum absolute atomic E-state index is 0.206. The van der Waals surface area contributed by atoms with E-state index in [0.29, 0.717) is 0 Å². The number of fused-ring (bicyclic) bond motifs is 3. The predicted octanol–water partition coefficient (Wildman–Crippen LogP) is 5.19. The molecule has 1 aliphatic heterocycles. The molecule has 0 saturated heterocycles. The van der Waals surface area contributed by atoms with Crippen LogP contribution in [0.15, 0.2) is 48.7 Å². The highest BCUT2D eigenvalue weighted by Gasteiger charge is 2.28. The van der Waals surface area contributed by atoms with Crippen molar-refractivity contribution in [2.24, 2.45) is 7.05 Å². The smallest absolute Gasteiger partial charge is 0.142 e. The van der Waals surface area contributed by atoms with E-state index in [2.05, 4.69) is 68.9 Å². The van der Waals surface area contributed by atoms with E-state index >= 15 is 0 Å². The molecule has 0 bridgehead atoms. The first-order valence-electron chi connectivity index (χ1n) is 10.0. The minimum atomic E-state index is 0.206. The first-order chi connectivity index (χ1) is 14.4. The Kier molecular flexibility index (Phi) is 4.40. The van der Waals surface area contributed by atoms with E-state index in [1.54, 1.807) is 0 Å². The Bertz CT molecular complexity index is 1240. The molecule has 0 N–H and O–H groups in total. The molecule has 0 fully saturated rings. The molecule has 0 spiro atoms. The minimum Gasteiger partial charge on any atom is -0.339 e.